The molecule has 2 N–H and O–H groups in total. The summed E-state index contributed by atoms with van der Waals surface area (Å²) < 4.78 is 1.87. The van der Waals surface area contributed by atoms with Gasteiger partial charge in [0.15, 0.2) is 5.96 Å². The predicted molar refractivity (Wildman–Crippen MR) is 107 cm³/mol. The fraction of sp³-hybridized carbons (Fsp3) is 0.412. The second kappa shape index (κ2) is 10.3. The lowest BCUT2D eigenvalue weighted by atomic mass is 10.2. The number of hydrogen-bond donors (Lipinski definition) is 2. The molecule has 2 aromatic rings. The second-order valence-corrected chi connectivity index (χ2v) is 5.23. The van der Waals surface area contributed by atoms with Gasteiger partial charge >= 0.3 is 0 Å². The number of rotatable bonds is 6. The molecule has 1 aromatic carbocycles. The number of aromatic nitrogens is 2. The van der Waals surface area contributed by atoms with Crippen molar-refractivity contribution < 1.29 is 0 Å². The molecule has 126 valence electrons. The molecule has 0 aliphatic carbocycles. The summed E-state index contributed by atoms with van der Waals surface area (Å²) in [5.74, 6) is 0.854. The lowest BCUT2D eigenvalue weighted by Gasteiger charge is -2.16. The van der Waals surface area contributed by atoms with Crippen molar-refractivity contribution in [3.63, 3.8) is 0 Å². The van der Waals surface area contributed by atoms with Gasteiger partial charge in [-0.25, -0.2) is 9.67 Å². The third-order valence-corrected chi connectivity index (χ3v) is 3.49. The first-order valence-corrected chi connectivity index (χ1v) is 7.87. The first kappa shape index (κ1) is 19.5. The summed E-state index contributed by atoms with van der Waals surface area (Å²) >= 11 is 0. The van der Waals surface area contributed by atoms with Crippen LogP contribution in [0.25, 0.3) is 5.69 Å². The number of hydrogen-bond acceptors (Lipinski definition) is 2. The van der Waals surface area contributed by atoms with Crippen molar-refractivity contribution in [3.8, 4) is 5.69 Å². The van der Waals surface area contributed by atoms with Crippen LogP contribution in [-0.2, 0) is 6.54 Å². The lowest BCUT2D eigenvalue weighted by molar-refractivity contribution is 0.624. The third kappa shape index (κ3) is 5.85. The maximum Gasteiger partial charge on any atom is 0.191 e. The normalized spacial score (nSPS) is 12.4. The highest BCUT2D eigenvalue weighted by molar-refractivity contribution is 14.0. The summed E-state index contributed by atoms with van der Waals surface area (Å²) in [5.41, 5.74) is 2.21. The van der Waals surface area contributed by atoms with Crippen LogP contribution < -0.4 is 10.6 Å². The molecule has 0 aliphatic heterocycles. The van der Waals surface area contributed by atoms with Gasteiger partial charge in [0.2, 0.25) is 0 Å². The molecular formula is C17H26IN5. The minimum absolute atomic E-state index is 0. The Balaban J connectivity index is 0.00000264. The predicted octanol–water partition coefficient (Wildman–Crippen LogP) is 3.34. The number of aliphatic imine (C=N–C) groups is 1. The van der Waals surface area contributed by atoms with Crippen LogP contribution in [-0.4, -0.2) is 28.3 Å². The van der Waals surface area contributed by atoms with Crippen LogP contribution in [0.4, 0.5) is 0 Å². The molecule has 0 spiro atoms. The molecule has 6 heteroatoms. The lowest BCUT2D eigenvalue weighted by Crippen LogP contribution is -2.41. The standard InChI is InChI=1S/C17H25N5.HI/c1-4-14(3)21-17(18-5-2)19-13-15-9-6-7-10-16(15)22-12-8-11-20-22;/h6-12,14H,4-5,13H2,1-3H3,(H2,18,19,21);1H. The Morgan fingerprint density at radius 3 is 2.70 bits per heavy atom. The Kier molecular flexibility index (Phi) is 8.68. The minimum Gasteiger partial charge on any atom is -0.357 e. The number of para-hydroxylation sites is 1. The average Bonchev–Trinajstić information content (AvgIpc) is 3.07. The fourth-order valence-corrected chi connectivity index (χ4v) is 2.10. The van der Waals surface area contributed by atoms with Crippen molar-refractivity contribution >= 4 is 29.9 Å². The molecule has 1 heterocycles. The number of benzene rings is 1. The maximum atomic E-state index is 4.70. The Hall–Kier alpha value is -1.57. The van der Waals surface area contributed by atoms with E-state index in [4.69, 9.17) is 4.99 Å². The second-order valence-electron chi connectivity index (χ2n) is 5.23. The van der Waals surface area contributed by atoms with E-state index in [-0.39, 0.29) is 24.0 Å². The van der Waals surface area contributed by atoms with E-state index in [1.54, 1.807) is 6.20 Å². The van der Waals surface area contributed by atoms with Crippen LogP contribution in [0.2, 0.25) is 0 Å². The average molecular weight is 427 g/mol. The molecular weight excluding hydrogens is 401 g/mol. The van der Waals surface area contributed by atoms with Crippen molar-refractivity contribution in [1.29, 1.82) is 0 Å². The summed E-state index contributed by atoms with van der Waals surface area (Å²) in [6, 6.07) is 10.5. The van der Waals surface area contributed by atoms with E-state index in [0.717, 1.165) is 30.2 Å². The highest BCUT2D eigenvalue weighted by Gasteiger charge is 2.06. The maximum absolute atomic E-state index is 4.70. The number of nitrogens with zero attached hydrogens (tertiary/aromatic N) is 3. The highest BCUT2D eigenvalue weighted by atomic mass is 127. The Bertz CT molecular complexity index is 595. The summed E-state index contributed by atoms with van der Waals surface area (Å²) in [4.78, 5) is 4.70. The zero-order valence-electron chi connectivity index (χ0n) is 14.0. The Morgan fingerprint density at radius 2 is 2.04 bits per heavy atom. The molecule has 1 unspecified atom stereocenters. The summed E-state index contributed by atoms with van der Waals surface area (Å²) in [6.45, 7) is 7.86. The summed E-state index contributed by atoms with van der Waals surface area (Å²) in [7, 11) is 0. The van der Waals surface area contributed by atoms with Gasteiger partial charge < -0.3 is 10.6 Å². The number of nitrogens with one attached hydrogen (secondary N) is 2. The van der Waals surface area contributed by atoms with Gasteiger partial charge in [0.1, 0.15) is 0 Å². The van der Waals surface area contributed by atoms with Gasteiger partial charge in [0, 0.05) is 25.0 Å². The molecule has 1 atom stereocenters. The number of halogens is 1. The molecule has 0 saturated carbocycles. The van der Waals surface area contributed by atoms with E-state index in [2.05, 4.69) is 48.6 Å². The van der Waals surface area contributed by atoms with Gasteiger partial charge in [0.05, 0.1) is 12.2 Å². The number of guanidine groups is 1. The van der Waals surface area contributed by atoms with Crippen LogP contribution in [0.5, 0.6) is 0 Å². The van der Waals surface area contributed by atoms with Gasteiger partial charge in [-0.05, 0) is 38.0 Å². The van der Waals surface area contributed by atoms with Crippen LogP contribution in [0, 0.1) is 0 Å². The van der Waals surface area contributed by atoms with Crippen LogP contribution >= 0.6 is 24.0 Å². The highest BCUT2D eigenvalue weighted by Crippen LogP contribution is 2.14. The molecule has 0 fully saturated rings. The molecule has 5 nitrogen and oxygen atoms in total. The van der Waals surface area contributed by atoms with Crippen LogP contribution in [0.1, 0.15) is 32.8 Å². The summed E-state index contributed by atoms with van der Waals surface area (Å²) in [5, 5.41) is 11.0. The fourth-order valence-electron chi connectivity index (χ4n) is 2.10. The van der Waals surface area contributed by atoms with E-state index in [0.29, 0.717) is 12.6 Å². The van der Waals surface area contributed by atoms with E-state index in [9.17, 15) is 0 Å². The minimum atomic E-state index is 0. The molecule has 1 aromatic heterocycles. The van der Waals surface area contributed by atoms with Crippen molar-refractivity contribution in [3.05, 3.63) is 48.3 Å². The van der Waals surface area contributed by atoms with Crippen molar-refractivity contribution in [2.24, 2.45) is 4.99 Å². The van der Waals surface area contributed by atoms with Gasteiger partial charge in [-0.15, -0.1) is 24.0 Å². The van der Waals surface area contributed by atoms with Gasteiger partial charge in [-0.2, -0.15) is 5.10 Å². The van der Waals surface area contributed by atoms with Crippen LogP contribution in [0.15, 0.2) is 47.7 Å². The third-order valence-electron chi connectivity index (χ3n) is 3.49. The first-order valence-electron chi connectivity index (χ1n) is 7.87. The van der Waals surface area contributed by atoms with E-state index in [1.165, 1.54) is 0 Å². The SMILES string of the molecule is CCNC(=NCc1ccccc1-n1cccn1)NC(C)CC.I. The molecule has 2 rings (SSSR count). The molecule has 0 radical (unpaired) electrons. The van der Waals surface area contributed by atoms with Gasteiger partial charge in [-0.3, -0.25) is 0 Å². The Labute approximate surface area is 155 Å². The van der Waals surface area contributed by atoms with E-state index < -0.39 is 0 Å². The molecule has 0 bridgehead atoms. The first-order chi connectivity index (χ1) is 10.7. The molecule has 0 saturated heterocycles. The Morgan fingerprint density at radius 1 is 1.26 bits per heavy atom. The molecule has 0 aliphatic rings. The molecule has 23 heavy (non-hydrogen) atoms. The zero-order chi connectivity index (χ0) is 15.8. The van der Waals surface area contributed by atoms with Crippen molar-refractivity contribution in [2.75, 3.05) is 6.54 Å². The zero-order valence-corrected chi connectivity index (χ0v) is 16.3. The molecule has 0 amide bonds. The topological polar surface area (TPSA) is 54.2 Å². The van der Waals surface area contributed by atoms with Gasteiger partial charge in [0.25, 0.3) is 0 Å². The quantitative estimate of drug-likeness (QED) is 0.423. The monoisotopic (exact) mass is 427 g/mol. The van der Waals surface area contributed by atoms with Crippen molar-refractivity contribution in [1.82, 2.24) is 20.4 Å². The smallest absolute Gasteiger partial charge is 0.191 e. The largest absolute Gasteiger partial charge is 0.357 e. The van der Waals surface area contributed by atoms with E-state index in [1.807, 2.05) is 29.1 Å². The van der Waals surface area contributed by atoms with E-state index >= 15 is 0 Å². The van der Waals surface area contributed by atoms with Gasteiger partial charge in [-0.1, -0.05) is 25.1 Å². The van der Waals surface area contributed by atoms with Crippen molar-refractivity contribution in [2.45, 2.75) is 39.8 Å². The van der Waals surface area contributed by atoms with Crippen LogP contribution in [0.3, 0.4) is 0 Å². The summed E-state index contributed by atoms with van der Waals surface area (Å²) in [6.07, 6.45) is 4.80.